The molecule has 0 saturated carbocycles. The first-order chi connectivity index (χ1) is 16.3. The van der Waals surface area contributed by atoms with E-state index < -0.39 is 0 Å². The third kappa shape index (κ3) is 4.70. The molecule has 1 N–H and O–H groups in total. The Morgan fingerprint density at radius 2 is 1.79 bits per heavy atom. The van der Waals surface area contributed by atoms with E-state index in [-0.39, 0.29) is 0 Å². The van der Waals surface area contributed by atoms with Gasteiger partial charge in [-0.05, 0) is 48.4 Å². The molecule has 164 valence electrons. The molecular formula is C27H25N5O. The van der Waals surface area contributed by atoms with Gasteiger partial charge in [0.25, 0.3) is 0 Å². The van der Waals surface area contributed by atoms with E-state index in [0.29, 0.717) is 6.61 Å². The molecule has 0 unspecified atom stereocenters. The molecule has 2 aromatic heterocycles. The van der Waals surface area contributed by atoms with Gasteiger partial charge in [0.1, 0.15) is 24.5 Å². The largest absolute Gasteiger partial charge is 0.489 e. The van der Waals surface area contributed by atoms with E-state index in [0.717, 1.165) is 57.9 Å². The van der Waals surface area contributed by atoms with Crippen LogP contribution < -0.4 is 10.1 Å². The van der Waals surface area contributed by atoms with Crippen molar-refractivity contribution in [3.8, 4) is 17.0 Å². The molecule has 0 fully saturated rings. The molecular weight excluding hydrogens is 410 g/mol. The first-order valence-electron chi connectivity index (χ1n) is 11.1. The van der Waals surface area contributed by atoms with Gasteiger partial charge < -0.3 is 14.6 Å². The van der Waals surface area contributed by atoms with E-state index >= 15 is 0 Å². The minimum absolute atomic E-state index is 0.543. The fourth-order valence-corrected chi connectivity index (χ4v) is 3.81. The number of fused-ring (bicyclic) bond motifs is 1. The van der Waals surface area contributed by atoms with Crippen molar-refractivity contribution in [3.63, 3.8) is 0 Å². The Hall–Kier alpha value is -4.19. The van der Waals surface area contributed by atoms with Crippen LogP contribution >= 0.6 is 0 Å². The highest BCUT2D eigenvalue weighted by atomic mass is 16.5. The van der Waals surface area contributed by atoms with Crippen LogP contribution in [0.5, 0.6) is 5.75 Å². The predicted octanol–water partition coefficient (Wildman–Crippen LogP) is 6.23. The van der Waals surface area contributed by atoms with Crippen LogP contribution in [0.2, 0.25) is 0 Å². The molecule has 0 bridgehead atoms. The lowest BCUT2D eigenvalue weighted by Gasteiger charge is -2.12. The number of hydrogen-bond donors (Lipinski definition) is 1. The van der Waals surface area contributed by atoms with Crippen molar-refractivity contribution >= 4 is 22.4 Å². The van der Waals surface area contributed by atoms with Gasteiger partial charge in [-0.1, -0.05) is 43.3 Å². The van der Waals surface area contributed by atoms with Crippen LogP contribution in [0.3, 0.4) is 0 Å². The molecule has 6 nitrogen and oxygen atoms in total. The maximum absolute atomic E-state index is 5.89. The van der Waals surface area contributed by atoms with E-state index in [4.69, 9.17) is 4.74 Å². The molecule has 0 aliphatic rings. The number of nitrogens with one attached hydrogen (secondary N) is 1. The minimum Gasteiger partial charge on any atom is -0.489 e. The van der Waals surface area contributed by atoms with Crippen LogP contribution in [-0.4, -0.2) is 19.5 Å². The molecule has 0 aliphatic heterocycles. The predicted molar refractivity (Wildman–Crippen MR) is 132 cm³/mol. The molecule has 0 saturated heterocycles. The van der Waals surface area contributed by atoms with E-state index in [9.17, 15) is 0 Å². The standard InChI is InChI=1S/C27H25N5O/c1-2-14-32-19-28-16-26(32)21-8-13-25-24(15-21)27(30-18-29-25)31-22-9-11-23(12-10-22)33-17-20-6-4-3-5-7-20/h3-13,15-16,18-19H,2,14,17H2,1H3,(H,29,30,31). The van der Waals surface area contributed by atoms with Crippen LogP contribution in [0, 0.1) is 0 Å². The SMILES string of the molecule is CCCn1cncc1-c1ccc2ncnc(Nc3ccc(OCc4ccccc4)cc3)c2c1. The van der Waals surface area contributed by atoms with Gasteiger partial charge in [-0.15, -0.1) is 0 Å². The maximum atomic E-state index is 5.89. The van der Waals surface area contributed by atoms with E-state index in [1.807, 2.05) is 61.1 Å². The monoisotopic (exact) mass is 435 g/mol. The molecule has 0 aliphatic carbocycles. The number of rotatable bonds is 8. The Labute approximate surface area is 192 Å². The van der Waals surface area contributed by atoms with Crippen molar-refractivity contribution in [2.45, 2.75) is 26.5 Å². The van der Waals surface area contributed by atoms with Crippen LogP contribution in [-0.2, 0) is 13.2 Å². The summed E-state index contributed by atoms with van der Waals surface area (Å²) in [5.41, 5.74) is 5.15. The first-order valence-corrected chi connectivity index (χ1v) is 11.1. The van der Waals surface area contributed by atoms with Gasteiger partial charge in [-0.3, -0.25) is 0 Å². The summed E-state index contributed by atoms with van der Waals surface area (Å²) in [6, 6.07) is 24.3. The topological polar surface area (TPSA) is 64.9 Å². The Morgan fingerprint density at radius 3 is 2.61 bits per heavy atom. The van der Waals surface area contributed by atoms with Crippen molar-refractivity contribution < 1.29 is 4.74 Å². The van der Waals surface area contributed by atoms with Crippen LogP contribution in [0.1, 0.15) is 18.9 Å². The number of benzene rings is 3. The van der Waals surface area contributed by atoms with Crippen molar-refractivity contribution in [1.29, 1.82) is 0 Å². The van der Waals surface area contributed by atoms with Gasteiger partial charge in [0.2, 0.25) is 0 Å². The molecule has 0 radical (unpaired) electrons. The number of imidazole rings is 1. The molecule has 2 heterocycles. The number of hydrogen-bond acceptors (Lipinski definition) is 5. The minimum atomic E-state index is 0.543. The molecule has 3 aromatic carbocycles. The Kier molecular flexibility index (Phi) is 5.97. The summed E-state index contributed by atoms with van der Waals surface area (Å²) in [7, 11) is 0. The average Bonchev–Trinajstić information content (AvgIpc) is 3.33. The number of aryl methyl sites for hydroxylation is 1. The molecule has 6 heteroatoms. The summed E-state index contributed by atoms with van der Waals surface area (Å²) >= 11 is 0. The zero-order valence-electron chi connectivity index (χ0n) is 18.5. The summed E-state index contributed by atoms with van der Waals surface area (Å²) in [4.78, 5) is 13.3. The molecule has 0 spiro atoms. The van der Waals surface area contributed by atoms with Crippen molar-refractivity contribution in [3.05, 3.63) is 97.2 Å². The highest BCUT2D eigenvalue weighted by Gasteiger charge is 2.10. The van der Waals surface area contributed by atoms with Crippen LogP contribution in [0.4, 0.5) is 11.5 Å². The second-order valence-corrected chi connectivity index (χ2v) is 7.85. The second kappa shape index (κ2) is 9.53. The number of ether oxygens (including phenoxy) is 1. The Morgan fingerprint density at radius 1 is 0.939 bits per heavy atom. The smallest absolute Gasteiger partial charge is 0.141 e. The average molecular weight is 436 g/mol. The molecule has 0 atom stereocenters. The highest BCUT2D eigenvalue weighted by molar-refractivity contribution is 5.93. The third-order valence-electron chi connectivity index (χ3n) is 5.47. The summed E-state index contributed by atoms with van der Waals surface area (Å²) in [6.07, 6.45) is 6.42. The van der Waals surface area contributed by atoms with Gasteiger partial charge in [0.05, 0.1) is 23.7 Å². The van der Waals surface area contributed by atoms with Gasteiger partial charge >= 0.3 is 0 Å². The van der Waals surface area contributed by atoms with Crippen LogP contribution in [0.15, 0.2) is 91.6 Å². The summed E-state index contributed by atoms with van der Waals surface area (Å²) < 4.78 is 8.07. The lowest BCUT2D eigenvalue weighted by Crippen LogP contribution is -1.99. The summed E-state index contributed by atoms with van der Waals surface area (Å²) in [5, 5.41) is 4.39. The maximum Gasteiger partial charge on any atom is 0.141 e. The quantitative estimate of drug-likeness (QED) is 0.313. The number of nitrogens with zero attached hydrogens (tertiary/aromatic N) is 4. The van der Waals surface area contributed by atoms with E-state index in [2.05, 4.69) is 56.0 Å². The fourth-order valence-electron chi connectivity index (χ4n) is 3.81. The molecule has 33 heavy (non-hydrogen) atoms. The van der Waals surface area contributed by atoms with Crippen molar-refractivity contribution in [1.82, 2.24) is 19.5 Å². The lowest BCUT2D eigenvalue weighted by molar-refractivity contribution is 0.306. The third-order valence-corrected chi connectivity index (χ3v) is 5.47. The highest BCUT2D eigenvalue weighted by Crippen LogP contribution is 2.29. The van der Waals surface area contributed by atoms with Crippen LogP contribution in [0.25, 0.3) is 22.2 Å². The Bertz CT molecular complexity index is 1350. The zero-order valence-corrected chi connectivity index (χ0v) is 18.5. The Balaban J connectivity index is 1.36. The normalized spacial score (nSPS) is 10.9. The lowest BCUT2D eigenvalue weighted by atomic mass is 10.1. The van der Waals surface area contributed by atoms with E-state index in [1.165, 1.54) is 0 Å². The van der Waals surface area contributed by atoms with Gasteiger partial charge in [0, 0.05) is 23.2 Å². The summed E-state index contributed by atoms with van der Waals surface area (Å²) in [6.45, 7) is 3.64. The van der Waals surface area contributed by atoms with E-state index in [1.54, 1.807) is 6.33 Å². The van der Waals surface area contributed by atoms with Gasteiger partial charge in [-0.25, -0.2) is 15.0 Å². The molecule has 0 amide bonds. The molecule has 5 aromatic rings. The van der Waals surface area contributed by atoms with Gasteiger partial charge in [-0.2, -0.15) is 0 Å². The number of aromatic nitrogens is 4. The first kappa shape index (κ1) is 20.7. The molecule has 5 rings (SSSR count). The fraction of sp³-hybridized carbons (Fsp3) is 0.148. The zero-order chi connectivity index (χ0) is 22.5. The van der Waals surface area contributed by atoms with Crippen molar-refractivity contribution in [2.75, 3.05) is 5.32 Å². The second-order valence-electron chi connectivity index (χ2n) is 7.85. The number of anilines is 2. The van der Waals surface area contributed by atoms with Crippen molar-refractivity contribution in [2.24, 2.45) is 0 Å². The summed E-state index contributed by atoms with van der Waals surface area (Å²) in [5.74, 6) is 1.59. The van der Waals surface area contributed by atoms with Gasteiger partial charge in [0.15, 0.2) is 0 Å².